The molecule has 0 radical (unpaired) electrons. The highest BCUT2D eigenvalue weighted by Crippen LogP contribution is 2.39. The maximum atomic E-state index is 15.7. The second-order valence-corrected chi connectivity index (χ2v) is 12.0. The number of fused-ring (bicyclic) bond motifs is 1. The van der Waals surface area contributed by atoms with Crippen LogP contribution in [0.15, 0.2) is 60.5 Å². The highest BCUT2D eigenvalue weighted by atomic mass is 35.5. The van der Waals surface area contributed by atoms with Crippen molar-refractivity contribution in [2.24, 2.45) is 0 Å². The summed E-state index contributed by atoms with van der Waals surface area (Å²) in [5.74, 6) is -0.527. The number of hydrogen-bond acceptors (Lipinski definition) is 6. The van der Waals surface area contributed by atoms with Gasteiger partial charge in [-0.2, -0.15) is 4.98 Å². The molecule has 0 unspecified atom stereocenters. The number of hydrogen-bond donors (Lipinski definition) is 0. The number of anilines is 1. The Morgan fingerprint density at radius 1 is 1.20 bits per heavy atom. The summed E-state index contributed by atoms with van der Waals surface area (Å²) in [6, 6.07) is 7.35. The molecule has 0 spiro atoms. The number of aryl methyl sites for hydroxylation is 1. The van der Waals surface area contributed by atoms with Crippen molar-refractivity contribution in [2.75, 3.05) is 18.0 Å². The van der Waals surface area contributed by atoms with Crippen molar-refractivity contribution < 1.29 is 11.9 Å². The van der Waals surface area contributed by atoms with Crippen LogP contribution in [0.1, 0.15) is 60.1 Å². The van der Waals surface area contributed by atoms with E-state index in [0.29, 0.717) is 41.2 Å². The molecule has 0 saturated carbocycles. The number of benzene rings is 1. The molecule has 0 N–H and O–H groups in total. The first-order valence-electron chi connectivity index (χ1n) is 15.5. The van der Waals surface area contributed by atoms with Crippen molar-refractivity contribution in [2.45, 2.75) is 59.5 Å². The van der Waals surface area contributed by atoms with E-state index >= 15 is 4.39 Å². The van der Waals surface area contributed by atoms with Gasteiger partial charge in [0.25, 0.3) is 0 Å². The summed E-state index contributed by atoms with van der Waals surface area (Å²) in [5, 5.41) is 0.560. The Labute approximate surface area is 264 Å². The summed E-state index contributed by atoms with van der Waals surface area (Å²) < 4.78 is 32.9. The minimum absolute atomic E-state index is 0.0199. The molecule has 10 heteroatoms. The van der Waals surface area contributed by atoms with Crippen LogP contribution in [0, 0.1) is 12.7 Å². The molecule has 1 saturated heterocycles. The molecule has 1 amide bonds. The lowest BCUT2D eigenvalue weighted by molar-refractivity contribution is -0.127. The molecule has 3 aromatic heterocycles. The van der Waals surface area contributed by atoms with Crippen molar-refractivity contribution in [1.29, 1.82) is 0 Å². The van der Waals surface area contributed by atoms with Crippen LogP contribution in [0.4, 0.5) is 10.2 Å². The zero-order valence-electron chi connectivity index (χ0n) is 27.7. The number of rotatable bonds is 6. The topological polar surface area (TPSA) is 84.2 Å². The van der Waals surface area contributed by atoms with Crippen LogP contribution in [-0.4, -0.2) is 55.5 Å². The normalized spacial score (nSPS) is 17.5. The van der Waals surface area contributed by atoms with Gasteiger partial charge in [0, 0.05) is 36.9 Å². The van der Waals surface area contributed by atoms with Crippen molar-refractivity contribution in [3.8, 4) is 16.9 Å². The molecule has 44 heavy (non-hydrogen) atoms. The highest BCUT2D eigenvalue weighted by molar-refractivity contribution is 6.34. The van der Waals surface area contributed by atoms with E-state index in [0.717, 1.165) is 5.56 Å². The fraction of sp³-hybridized carbons (Fsp3) is 0.324. The van der Waals surface area contributed by atoms with Gasteiger partial charge >= 0.3 is 5.69 Å². The van der Waals surface area contributed by atoms with Crippen LogP contribution in [-0.2, 0) is 4.79 Å². The minimum Gasteiger partial charge on any atom is -0.347 e. The van der Waals surface area contributed by atoms with E-state index in [9.17, 15) is 9.59 Å². The van der Waals surface area contributed by atoms with E-state index in [1.54, 1.807) is 36.2 Å². The van der Waals surface area contributed by atoms with Crippen LogP contribution in [0.25, 0.3) is 33.6 Å². The molecule has 1 aromatic carbocycles. The third kappa shape index (κ3) is 5.30. The standard InChI is InChI=1S/C34H36ClFN6O2/c1-9-27(43)40-16-21(7)41(22(8)17-40)33-24-15-25(35)30(28-23(18(2)3)11-10-12-26(28)36)38-32(24)42(34(44)39-33)31-20(6)13-14-37-29(31)19(4)5/h9-15,19,21-22H,1-2,16-17H2,3-8H3/t21-,22-/m0/s1/i2D2. The Hall–Kier alpha value is -4.37. The molecule has 8 nitrogen and oxygen atoms in total. The minimum atomic E-state index is -0.638. The molecule has 1 aliphatic rings. The number of aromatic nitrogens is 4. The zero-order chi connectivity index (χ0) is 33.6. The smallest absolute Gasteiger partial charge is 0.347 e. The van der Waals surface area contributed by atoms with Crippen LogP contribution >= 0.6 is 11.6 Å². The predicted molar refractivity (Wildman–Crippen MR) is 175 cm³/mol. The quantitative estimate of drug-likeness (QED) is 0.224. The van der Waals surface area contributed by atoms with E-state index in [1.807, 2.05) is 39.5 Å². The molecule has 5 rings (SSSR count). The Morgan fingerprint density at radius 2 is 1.91 bits per heavy atom. The molecular formula is C34H36ClFN6O2. The molecule has 1 aliphatic heterocycles. The van der Waals surface area contributed by atoms with Gasteiger partial charge in [0.1, 0.15) is 11.6 Å². The molecule has 4 heterocycles. The van der Waals surface area contributed by atoms with Gasteiger partial charge in [0.2, 0.25) is 5.91 Å². The van der Waals surface area contributed by atoms with Crippen molar-refractivity contribution in [3.05, 3.63) is 93.9 Å². The summed E-state index contributed by atoms with van der Waals surface area (Å²) in [6.45, 7) is 15.2. The Balaban J connectivity index is 1.89. The van der Waals surface area contributed by atoms with Gasteiger partial charge in [-0.15, -0.1) is 0 Å². The van der Waals surface area contributed by atoms with E-state index in [2.05, 4.69) is 16.5 Å². The van der Waals surface area contributed by atoms with Gasteiger partial charge in [-0.05, 0) is 69.0 Å². The molecule has 1 fully saturated rings. The van der Waals surface area contributed by atoms with Gasteiger partial charge in [-0.3, -0.25) is 9.78 Å². The van der Waals surface area contributed by atoms with Crippen LogP contribution in [0.5, 0.6) is 0 Å². The largest absolute Gasteiger partial charge is 0.355 e. The van der Waals surface area contributed by atoms with Crippen molar-refractivity contribution in [3.63, 3.8) is 0 Å². The molecule has 0 bridgehead atoms. The lowest BCUT2D eigenvalue weighted by Crippen LogP contribution is -2.58. The monoisotopic (exact) mass is 616 g/mol. The first kappa shape index (κ1) is 28.4. The van der Waals surface area contributed by atoms with Gasteiger partial charge in [0.15, 0.2) is 5.65 Å². The predicted octanol–water partition coefficient (Wildman–Crippen LogP) is 6.71. The SMILES string of the molecule is [2H]C([2H])=C(C)c1cccc(F)c1-c1nc2c(cc1Cl)c(N1[C@@H](C)CN(C(=O)C=C)C[C@@H]1C)nc(=O)n2-c1c(C)ccnc1C(C)C. The maximum Gasteiger partial charge on any atom is 0.355 e. The van der Waals surface area contributed by atoms with Gasteiger partial charge < -0.3 is 9.80 Å². The number of allylic oxidation sites excluding steroid dienone is 1. The zero-order valence-corrected chi connectivity index (χ0v) is 26.4. The molecular weight excluding hydrogens is 579 g/mol. The Bertz CT molecular complexity index is 1960. The van der Waals surface area contributed by atoms with Crippen molar-refractivity contribution in [1.82, 2.24) is 24.4 Å². The van der Waals surface area contributed by atoms with E-state index in [1.165, 1.54) is 22.8 Å². The van der Waals surface area contributed by atoms with E-state index in [4.69, 9.17) is 19.3 Å². The lowest BCUT2D eigenvalue weighted by Gasteiger charge is -2.45. The summed E-state index contributed by atoms with van der Waals surface area (Å²) in [4.78, 5) is 44.6. The summed E-state index contributed by atoms with van der Waals surface area (Å²) in [7, 11) is 0. The number of piperazine rings is 1. The van der Waals surface area contributed by atoms with Crippen LogP contribution in [0.3, 0.4) is 0 Å². The average molecular weight is 617 g/mol. The number of pyridine rings is 2. The van der Waals surface area contributed by atoms with Gasteiger partial charge in [-0.1, -0.05) is 56.3 Å². The number of amides is 1. The second kappa shape index (κ2) is 12.0. The maximum absolute atomic E-state index is 15.7. The number of carbonyl (C=O) groups is 1. The second-order valence-electron chi connectivity index (χ2n) is 11.6. The van der Waals surface area contributed by atoms with E-state index in [-0.39, 0.29) is 51.4 Å². The summed E-state index contributed by atoms with van der Waals surface area (Å²) in [5.41, 5.74) is 2.16. The first-order valence-corrected chi connectivity index (χ1v) is 14.9. The van der Waals surface area contributed by atoms with Crippen LogP contribution < -0.4 is 10.6 Å². The Morgan fingerprint density at radius 3 is 2.55 bits per heavy atom. The average Bonchev–Trinajstić information content (AvgIpc) is 3.00. The van der Waals surface area contributed by atoms with E-state index < -0.39 is 18.0 Å². The third-order valence-corrected chi connectivity index (χ3v) is 8.32. The lowest BCUT2D eigenvalue weighted by atomic mass is 9.98. The first-order chi connectivity index (χ1) is 21.8. The fourth-order valence-corrected chi connectivity index (χ4v) is 6.34. The van der Waals surface area contributed by atoms with Gasteiger partial charge in [-0.25, -0.2) is 18.7 Å². The molecule has 4 aromatic rings. The number of nitrogens with zero attached hydrogens (tertiary/aromatic N) is 6. The van der Waals surface area contributed by atoms with Crippen LogP contribution in [0.2, 0.25) is 5.02 Å². The molecule has 0 aliphatic carbocycles. The molecule has 228 valence electrons. The summed E-state index contributed by atoms with van der Waals surface area (Å²) in [6.07, 6.45) is 2.97. The fourth-order valence-electron chi connectivity index (χ4n) is 6.09. The number of carbonyl (C=O) groups excluding carboxylic acids is 1. The highest BCUT2D eigenvalue weighted by Gasteiger charge is 2.34. The Kier molecular flexibility index (Phi) is 7.72. The summed E-state index contributed by atoms with van der Waals surface area (Å²) >= 11 is 6.94. The number of halogens is 2. The molecule has 2 atom stereocenters. The third-order valence-electron chi connectivity index (χ3n) is 8.03. The van der Waals surface area contributed by atoms with Gasteiger partial charge in [0.05, 0.1) is 30.2 Å². The van der Waals surface area contributed by atoms with Crippen molar-refractivity contribution >= 4 is 39.9 Å².